The Hall–Kier alpha value is -2.34. The van der Waals surface area contributed by atoms with E-state index in [4.69, 9.17) is 4.78 Å². The van der Waals surface area contributed by atoms with Gasteiger partial charge in [-0.2, -0.15) is 0 Å². The first-order valence-corrected chi connectivity index (χ1v) is 9.52. The van der Waals surface area contributed by atoms with Crippen LogP contribution >= 0.6 is 0 Å². The van der Waals surface area contributed by atoms with E-state index >= 15 is 0 Å². The number of hydrogen-bond donors (Lipinski definition) is 5. The molecule has 0 radical (unpaired) electrons. The van der Waals surface area contributed by atoms with Crippen LogP contribution in [-0.2, 0) is 17.0 Å². The van der Waals surface area contributed by atoms with Gasteiger partial charge in [-0.3, -0.25) is 4.98 Å². The molecule has 1 aliphatic heterocycles. The average molecular weight is 399 g/mol. The van der Waals surface area contributed by atoms with Crippen LogP contribution in [0.5, 0.6) is 0 Å². The van der Waals surface area contributed by atoms with Gasteiger partial charge in [0.1, 0.15) is 15.6 Å². The molecular weight excluding hydrogens is 380 g/mol. The van der Waals surface area contributed by atoms with Gasteiger partial charge in [-0.05, 0) is 12.1 Å². The number of fused-ring (bicyclic) bond motifs is 1. The van der Waals surface area contributed by atoms with E-state index in [1.54, 1.807) is 19.2 Å². The molecule has 0 saturated carbocycles. The second kappa shape index (κ2) is 7.35. The number of nitrogens with one attached hydrogen (secondary N) is 3. The third-order valence-corrected chi connectivity index (χ3v) is 5.70. The molecule has 0 aliphatic carbocycles. The summed E-state index contributed by atoms with van der Waals surface area (Å²) in [6.45, 7) is -0.341. The minimum absolute atomic E-state index is 0.163. The summed E-state index contributed by atoms with van der Waals surface area (Å²) in [6.07, 6.45) is 1.72. The number of hydrogen-bond acceptors (Lipinski definition) is 6. The lowest BCUT2D eigenvalue weighted by Gasteiger charge is -2.17. The number of halogens is 2. The maximum absolute atomic E-state index is 12.8. The van der Waals surface area contributed by atoms with Crippen LogP contribution < -0.4 is 10.0 Å². The molecule has 8 nitrogen and oxygen atoms in total. The molecular formula is C16H19F2N5O3S. The third kappa shape index (κ3) is 3.86. The van der Waals surface area contributed by atoms with Crippen molar-refractivity contribution in [2.75, 3.05) is 11.9 Å². The van der Waals surface area contributed by atoms with Gasteiger partial charge in [0.15, 0.2) is 6.23 Å². The lowest BCUT2D eigenvalue weighted by Crippen LogP contribution is -2.34. The van der Waals surface area contributed by atoms with Gasteiger partial charge in [-0.25, -0.2) is 22.5 Å². The fraction of sp³-hybridized carbons (Fsp3) is 0.312. The van der Waals surface area contributed by atoms with Crippen LogP contribution in [0.4, 0.5) is 14.5 Å². The highest BCUT2D eigenvalue weighted by atomic mass is 32.2. The van der Waals surface area contributed by atoms with Crippen LogP contribution in [0.1, 0.15) is 29.6 Å². The predicted molar refractivity (Wildman–Crippen MR) is 95.4 cm³/mol. The van der Waals surface area contributed by atoms with Crippen molar-refractivity contribution in [3.05, 3.63) is 47.6 Å². The van der Waals surface area contributed by atoms with Crippen molar-refractivity contribution in [2.24, 2.45) is 7.05 Å². The zero-order chi connectivity index (χ0) is 19.8. The van der Waals surface area contributed by atoms with Crippen molar-refractivity contribution >= 4 is 21.7 Å². The third-order valence-electron chi connectivity index (χ3n) is 4.12. The summed E-state index contributed by atoms with van der Waals surface area (Å²) in [5.74, 6) is 0. The zero-order valence-corrected chi connectivity index (χ0v) is 15.1. The Morgan fingerprint density at radius 3 is 2.93 bits per heavy atom. The highest BCUT2D eigenvalue weighted by molar-refractivity contribution is 7.90. The number of nitrogens with zero attached hydrogens (tertiary/aromatic N) is 2. The summed E-state index contributed by atoms with van der Waals surface area (Å²) in [7, 11) is -1.80. The molecule has 0 saturated heterocycles. The van der Waals surface area contributed by atoms with E-state index in [0.29, 0.717) is 11.3 Å². The molecule has 27 heavy (non-hydrogen) atoms. The second-order valence-electron chi connectivity index (χ2n) is 6.04. The van der Waals surface area contributed by atoms with Gasteiger partial charge < -0.3 is 20.1 Å². The summed E-state index contributed by atoms with van der Waals surface area (Å²) in [5.41, 5.74) is 0.474. The van der Waals surface area contributed by atoms with Crippen LogP contribution in [0.25, 0.3) is 6.08 Å². The molecule has 3 heterocycles. The summed E-state index contributed by atoms with van der Waals surface area (Å²) < 4.78 is 50.4. The largest absolute Gasteiger partial charge is 0.394 e. The van der Waals surface area contributed by atoms with Gasteiger partial charge in [0.05, 0.1) is 23.2 Å². The standard InChI is InChI=1S/C16H19F2N5O3S/c1-23-7-13-11(3-2-10(8-24)22-27(13,19)26)14(23)16(25)21-9-4-5-20-12(6-9)15(17)18/h2-7,10,15-16,24-25H,8H2,1H3,(H,20,21)(H2,19,22,26)/t10-,16?,27?/m1/s1. The first-order valence-electron chi connectivity index (χ1n) is 7.96. The summed E-state index contributed by atoms with van der Waals surface area (Å²) in [5, 5.41) is 22.6. The molecule has 3 atom stereocenters. The van der Waals surface area contributed by atoms with E-state index in [0.717, 1.165) is 6.07 Å². The minimum Gasteiger partial charge on any atom is -0.394 e. The first-order chi connectivity index (χ1) is 12.7. The van der Waals surface area contributed by atoms with E-state index in [-0.39, 0.29) is 17.2 Å². The lowest BCUT2D eigenvalue weighted by molar-refractivity contribution is 0.146. The van der Waals surface area contributed by atoms with Gasteiger partial charge in [-0.15, -0.1) is 0 Å². The SMILES string of the molecule is Cn1cc2c(c1C(O)Nc1ccnc(C(F)F)c1)C=C[C@H](CO)NS2(=N)=O. The van der Waals surface area contributed by atoms with Crippen molar-refractivity contribution in [2.45, 2.75) is 23.6 Å². The zero-order valence-electron chi connectivity index (χ0n) is 14.3. The van der Waals surface area contributed by atoms with Crippen molar-refractivity contribution in [1.29, 1.82) is 4.78 Å². The van der Waals surface area contributed by atoms with E-state index in [2.05, 4.69) is 15.0 Å². The van der Waals surface area contributed by atoms with E-state index in [9.17, 15) is 23.2 Å². The molecule has 2 aromatic heterocycles. The molecule has 2 aromatic rings. The Labute approximate surface area is 154 Å². The second-order valence-corrected chi connectivity index (χ2v) is 7.83. The van der Waals surface area contributed by atoms with Gasteiger partial charge >= 0.3 is 0 Å². The number of anilines is 1. The Morgan fingerprint density at radius 1 is 1.52 bits per heavy atom. The molecule has 11 heteroatoms. The van der Waals surface area contributed by atoms with Crippen LogP contribution in [-0.4, -0.2) is 36.6 Å². The number of aryl methyl sites for hydroxylation is 1. The molecule has 0 spiro atoms. The van der Waals surface area contributed by atoms with Crippen LogP contribution in [0, 0.1) is 4.78 Å². The van der Waals surface area contributed by atoms with Gasteiger partial charge in [-0.1, -0.05) is 12.2 Å². The smallest absolute Gasteiger partial charge is 0.280 e. The van der Waals surface area contributed by atoms with E-state index < -0.39 is 34.3 Å². The minimum atomic E-state index is -3.41. The van der Waals surface area contributed by atoms with Gasteiger partial charge in [0.25, 0.3) is 6.43 Å². The molecule has 146 valence electrons. The molecule has 0 amide bonds. The van der Waals surface area contributed by atoms with Crippen molar-refractivity contribution < 1.29 is 23.2 Å². The van der Waals surface area contributed by atoms with Crippen LogP contribution in [0.15, 0.2) is 35.5 Å². The van der Waals surface area contributed by atoms with Crippen LogP contribution in [0.2, 0.25) is 0 Å². The fourth-order valence-electron chi connectivity index (χ4n) is 2.88. The summed E-state index contributed by atoms with van der Waals surface area (Å²) in [4.78, 5) is 3.73. The van der Waals surface area contributed by atoms with E-state index in [1.165, 1.54) is 23.0 Å². The normalized spacial score (nSPS) is 23.1. The Bertz CT molecular complexity index is 974. The van der Waals surface area contributed by atoms with Gasteiger partial charge in [0, 0.05) is 30.7 Å². The molecule has 0 fully saturated rings. The quantitative estimate of drug-likeness (QED) is 0.490. The topological polar surface area (TPSA) is 123 Å². The number of alkyl halides is 2. The Kier molecular flexibility index (Phi) is 5.29. The van der Waals surface area contributed by atoms with Crippen molar-refractivity contribution in [1.82, 2.24) is 14.3 Å². The highest BCUT2D eigenvalue weighted by Gasteiger charge is 2.28. The predicted octanol–water partition coefficient (Wildman–Crippen LogP) is 1.76. The molecule has 1 aliphatic rings. The Morgan fingerprint density at radius 2 is 2.26 bits per heavy atom. The number of aliphatic hydroxyl groups is 2. The van der Waals surface area contributed by atoms with Gasteiger partial charge in [0.2, 0.25) is 0 Å². The number of aliphatic hydroxyl groups excluding tert-OH is 2. The summed E-state index contributed by atoms with van der Waals surface area (Å²) in [6, 6.07) is 1.89. The van der Waals surface area contributed by atoms with Crippen molar-refractivity contribution in [3.63, 3.8) is 0 Å². The number of pyridine rings is 1. The van der Waals surface area contributed by atoms with Crippen LogP contribution in [0.3, 0.4) is 0 Å². The molecule has 3 rings (SSSR count). The molecule has 5 N–H and O–H groups in total. The molecule has 0 aromatic carbocycles. The fourth-order valence-corrected chi connectivity index (χ4v) is 4.37. The monoisotopic (exact) mass is 399 g/mol. The lowest BCUT2D eigenvalue weighted by atomic mass is 10.1. The highest BCUT2D eigenvalue weighted by Crippen LogP contribution is 2.31. The summed E-state index contributed by atoms with van der Waals surface area (Å²) >= 11 is 0. The molecule has 2 unspecified atom stereocenters. The molecule has 0 bridgehead atoms. The number of aromatic nitrogens is 2. The van der Waals surface area contributed by atoms with E-state index in [1.807, 2.05) is 0 Å². The maximum atomic E-state index is 12.8. The van der Waals surface area contributed by atoms with Crippen molar-refractivity contribution in [3.8, 4) is 0 Å². The Balaban J connectivity index is 1.98. The first kappa shape index (κ1) is 19.4. The average Bonchev–Trinajstić information content (AvgIpc) is 2.90. The number of rotatable bonds is 5. The maximum Gasteiger partial charge on any atom is 0.280 e.